The standard InChI is InChI=1S/C38H58O14S/c1-17-8-11-38(48-15-17)18(2)28-25(52-38)14-24-22-7-6-20-12-21(39)13-27(37(20,5)23(22)9-10-36(24,28)4)50-35-33(30(41)26(16-47-35)53(44,45)46)51-34-32(43)31(42)29(40)19(3)49-34/h6,18-19,21-35,39-43H,1,7-16H2,2-5H3,(H,44,45,46)/t18-,19-,21+,22+,23-,24-,25?,26-,27+,28-,29-,30-,31+,32+,33+,34-,35-,36-,37-,38+/m0/s1. The van der Waals surface area contributed by atoms with E-state index in [1.807, 2.05) is 0 Å². The smallest absolute Gasteiger partial charge is 0.272 e. The summed E-state index contributed by atoms with van der Waals surface area (Å²) in [6.45, 7) is 12.5. The lowest BCUT2D eigenvalue weighted by atomic mass is 9.46. The van der Waals surface area contributed by atoms with Crippen LogP contribution < -0.4 is 0 Å². The fourth-order valence-corrected chi connectivity index (χ4v) is 13.2. The van der Waals surface area contributed by atoms with E-state index in [0.29, 0.717) is 30.8 Å². The first-order valence-corrected chi connectivity index (χ1v) is 21.0. The monoisotopic (exact) mass is 770 g/mol. The van der Waals surface area contributed by atoms with Crippen LogP contribution in [0.2, 0.25) is 0 Å². The minimum atomic E-state index is -4.82. The molecule has 8 aliphatic rings. The van der Waals surface area contributed by atoms with Crippen molar-refractivity contribution in [1.82, 2.24) is 0 Å². The predicted molar refractivity (Wildman–Crippen MR) is 186 cm³/mol. The second-order valence-electron chi connectivity index (χ2n) is 18.0. The van der Waals surface area contributed by atoms with Gasteiger partial charge in [0.15, 0.2) is 18.4 Å². The van der Waals surface area contributed by atoms with Gasteiger partial charge in [-0.1, -0.05) is 44.6 Å². The third-order valence-electron chi connectivity index (χ3n) is 15.4. The molecule has 1 spiro atoms. The molecule has 1 unspecified atom stereocenters. The molecular formula is C38H58O14S. The van der Waals surface area contributed by atoms with Crippen LogP contribution in [0, 0.1) is 40.4 Å². The summed E-state index contributed by atoms with van der Waals surface area (Å²) in [5, 5.41) is 52.2. The van der Waals surface area contributed by atoms with Crippen molar-refractivity contribution >= 4 is 10.1 Å². The molecule has 8 rings (SSSR count). The molecular weight excluding hydrogens is 712 g/mol. The Morgan fingerprint density at radius 3 is 2.40 bits per heavy atom. The number of ether oxygens (including phenoxy) is 6. The zero-order valence-electron chi connectivity index (χ0n) is 31.0. The van der Waals surface area contributed by atoms with E-state index in [-0.39, 0.29) is 29.8 Å². The molecule has 14 nitrogen and oxygen atoms in total. The van der Waals surface area contributed by atoms with Crippen molar-refractivity contribution in [3.05, 3.63) is 23.8 Å². The van der Waals surface area contributed by atoms with Gasteiger partial charge in [0.05, 0.1) is 37.6 Å². The maximum absolute atomic E-state index is 12.3. The van der Waals surface area contributed by atoms with Crippen LogP contribution in [0.1, 0.15) is 79.1 Å². The van der Waals surface area contributed by atoms with E-state index in [2.05, 4.69) is 33.4 Å². The first-order valence-electron chi connectivity index (χ1n) is 19.5. The van der Waals surface area contributed by atoms with Crippen LogP contribution in [0.15, 0.2) is 23.8 Å². The molecule has 53 heavy (non-hydrogen) atoms. The average molecular weight is 771 g/mol. The van der Waals surface area contributed by atoms with E-state index < -0.39 is 94.6 Å². The van der Waals surface area contributed by atoms with Crippen molar-refractivity contribution in [2.45, 2.75) is 158 Å². The molecule has 0 bridgehead atoms. The van der Waals surface area contributed by atoms with Crippen LogP contribution in [0.3, 0.4) is 0 Å². The van der Waals surface area contributed by atoms with Crippen molar-refractivity contribution in [2.24, 2.45) is 40.4 Å². The number of fused-ring (bicyclic) bond motifs is 7. The minimum Gasteiger partial charge on any atom is -0.393 e. The van der Waals surface area contributed by atoms with Crippen LogP contribution in [0.5, 0.6) is 0 Å². The zero-order valence-corrected chi connectivity index (χ0v) is 31.8. The quantitative estimate of drug-likeness (QED) is 0.174. The van der Waals surface area contributed by atoms with Crippen molar-refractivity contribution in [3.63, 3.8) is 0 Å². The third kappa shape index (κ3) is 6.06. The van der Waals surface area contributed by atoms with Crippen molar-refractivity contribution in [1.29, 1.82) is 0 Å². The second kappa shape index (κ2) is 13.5. The number of aliphatic hydroxyl groups excluding tert-OH is 5. The summed E-state index contributed by atoms with van der Waals surface area (Å²) in [6.07, 6.45) is -4.98. The summed E-state index contributed by atoms with van der Waals surface area (Å²) in [5.41, 5.74) is 1.72. The van der Waals surface area contributed by atoms with Gasteiger partial charge in [-0.05, 0) is 74.5 Å². The van der Waals surface area contributed by atoms with Gasteiger partial charge in [0.25, 0.3) is 10.1 Å². The summed E-state index contributed by atoms with van der Waals surface area (Å²) >= 11 is 0. The number of rotatable bonds is 5. The SMILES string of the molecule is C=C1CC[C@@]2(OC1)OC1C[C@H]3[C@@H]4CC=C5C[C@@H](O)C[C@@H](O[C@@H]6OC[C@H](S(=O)(=O)O)[C@H](O)[C@H]6O[C@@H]6O[C@@H](C)[C@H](O)[C@@H](O)[C@H]6O)[C@]5(C)[C@H]4CC[C@]3(C)[C@H]1[C@@H]2C. The lowest BCUT2D eigenvalue weighted by Gasteiger charge is -2.60. The molecule has 15 heteroatoms. The first kappa shape index (κ1) is 38.8. The lowest BCUT2D eigenvalue weighted by Crippen LogP contribution is -2.64. The van der Waals surface area contributed by atoms with Gasteiger partial charge in [-0.2, -0.15) is 8.42 Å². The average Bonchev–Trinajstić information content (AvgIpc) is 3.54. The van der Waals surface area contributed by atoms with Gasteiger partial charge in [0.2, 0.25) is 0 Å². The number of hydrogen-bond donors (Lipinski definition) is 6. The van der Waals surface area contributed by atoms with Crippen molar-refractivity contribution in [2.75, 3.05) is 13.2 Å². The summed E-state index contributed by atoms with van der Waals surface area (Å²) in [5.74, 6) is 0.957. The molecule has 4 aliphatic heterocycles. The van der Waals surface area contributed by atoms with E-state index in [1.54, 1.807) is 0 Å². The Morgan fingerprint density at radius 1 is 0.943 bits per heavy atom. The zero-order chi connectivity index (χ0) is 38.0. The highest BCUT2D eigenvalue weighted by atomic mass is 32.2. The molecule has 300 valence electrons. The van der Waals surface area contributed by atoms with E-state index in [9.17, 15) is 38.5 Å². The number of hydrogen-bond acceptors (Lipinski definition) is 13. The van der Waals surface area contributed by atoms with Gasteiger partial charge < -0.3 is 54.0 Å². The molecule has 20 atom stereocenters. The molecule has 0 amide bonds. The van der Waals surface area contributed by atoms with E-state index >= 15 is 0 Å². The maximum atomic E-state index is 12.3. The molecule has 7 fully saturated rings. The highest BCUT2D eigenvalue weighted by molar-refractivity contribution is 7.86. The van der Waals surface area contributed by atoms with E-state index in [0.717, 1.165) is 49.7 Å². The first-order chi connectivity index (χ1) is 24.9. The van der Waals surface area contributed by atoms with E-state index in [1.165, 1.54) is 6.92 Å². The van der Waals surface area contributed by atoms with Crippen LogP contribution in [0.25, 0.3) is 0 Å². The number of allylic oxidation sites excluding steroid dienone is 1. The Bertz CT molecular complexity index is 1560. The summed E-state index contributed by atoms with van der Waals surface area (Å²) in [7, 11) is -4.82. The van der Waals surface area contributed by atoms with Crippen LogP contribution >= 0.6 is 0 Å². The van der Waals surface area contributed by atoms with Crippen LogP contribution in [0.4, 0.5) is 0 Å². The molecule has 0 aromatic carbocycles. The highest BCUT2D eigenvalue weighted by Gasteiger charge is 2.69. The van der Waals surface area contributed by atoms with Gasteiger partial charge in [-0.15, -0.1) is 0 Å². The van der Waals surface area contributed by atoms with Crippen molar-refractivity contribution < 1.29 is 66.9 Å². The largest absolute Gasteiger partial charge is 0.393 e. The normalized spacial score (nSPS) is 55.5. The Balaban J connectivity index is 1.06. The summed E-state index contributed by atoms with van der Waals surface area (Å²) in [4.78, 5) is 0. The molecule has 4 aliphatic carbocycles. The van der Waals surface area contributed by atoms with E-state index in [4.69, 9.17) is 28.4 Å². The van der Waals surface area contributed by atoms with Gasteiger partial charge >= 0.3 is 0 Å². The second-order valence-corrected chi connectivity index (χ2v) is 19.6. The van der Waals surface area contributed by atoms with Gasteiger partial charge in [-0.25, -0.2) is 0 Å². The van der Waals surface area contributed by atoms with Gasteiger partial charge in [-0.3, -0.25) is 4.55 Å². The topological polar surface area (TPSA) is 211 Å². The lowest BCUT2D eigenvalue weighted by molar-refractivity contribution is -0.353. The molecule has 0 radical (unpaired) electrons. The van der Waals surface area contributed by atoms with Crippen molar-refractivity contribution in [3.8, 4) is 0 Å². The van der Waals surface area contributed by atoms with Crippen LogP contribution in [-0.2, 0) is 38.5 Å². The Morgan fingerprint density at radius 2 is 1.70 bits per heavy atom. The maximum Gasteiger partial charge on any atom is 0.272 e. The molecule has 4 heterocycles. The molecule has 4 saturated heterocycles. The molecule has 6 N–H and O–H groups in total. The Labute approximate surface area is 311 Å². The summed E-state index contributed by atoms with van der Waals surface area (Å²) in [6, 6.07) is 0. The van der Waals surface area contributed by atoms with Gasteiger partial charge in [0.1, 0.15) is 35.8 Å². The predicted octanol–water partition coefficient (Wildman–Crippen LogP) is 1.82. The molecule has 3 saturated carbocycles. The summed E-state index contributed by atoms with van der Waals surface area (Å²) < 4.78 is 72.2. The minimum absolute atomic E-state index is 0.0508. The Hall–Kier alpha value is -1.05. The highest BCUT2D eigenvalue weighted by Crippen LogP contribution is 2.71. The fraction of sp³-hybridized carbons (Fsp3) is 0.895. The molecule has 0 aromatic rings. The fourth-order valence-electron chi connectivity index (χ4n) is 12.4. The Kier molecular flexibility index (Phi) is 9.90. The number of aliphatic hydroxyl groups is 5. The third-order valence-corrected chi connectivity index (χ3v) is 16.5. The molecule has 0 aromatic heterocycles. The van der Waals surface area contributed by atoms with Crippen LogP contribution in [-0.4, -0.2) is 130 Å². The van der Waals surface area contributed by atoms with Gasteiger partial charge in [0, 0.05) is 24.2 Å².